The zero-order valence-corrected chi connectivity index (χ0v) is 10.9. The van der Waals surface area contributed by atoms with E-state index in [1.807, 2.05) is 0 Å². The normalized spacial score (nSPS) is 18.4. The lowest BCUT2D eigenvalue weighted by Crippen LogP contribution is -2.11. The summed E-state index contributed by atoms with van der Waals surface area (Å²) in [6.45, 7) is 0. The molecule has 4 heteroatoms. The number of carbonyl (C=O) groups excluding carboxylic acids is 2. The molecule has 0 heterocycles. The van der Waals surface area contributed by atoms with Crippen LogP contribution < -0.4 is 0 Å². The Hall–Kier alpha value is -1.06. The summed E-state index contributed by atoms with van der Waals surface area (Å²) in [7, 11) is 0. The van der Waals surface area contributed by atoms with Crippen molar-refractivity contribution in [3.8, 4) is 0 Å². The van der Waals surface area contributed by atoms with Crippen LogP contribution in [0.4, 0.5) is 0 Å². The van der Waals surface area contributed by atoms with Gasteiger partial charge in [-0.2, -0.15) is 0 Å². The van der Waals surface area contributed by atoms with Crippen LogP contribution in [0, 0.1) is 11.8 Å². The predicted molar refractivity (Wildman–Crippen MR) is 65.3 cm³/mol. The van der Waals surface area contributed by atoms with Gasteiger partial charge < -0.3 is 0 Å². The van der Waals surface area contributed by atoms with Gasteiger partial charge in [0.15, 0.2) is 0 Å². The average Bonchev–Trinajstić information content (AvgIpc) is 3.20. The molecule has 2 saturated carbocycles. The van der Waals surface area contributed by atoms with Crippen LogP contribution in [0.2, 0.25) is 0 Å². The smallest absolute Gasteiger partial charge is 0.247 e. The molecule has 0 aromatic carbocycles. The van der Waals surface area contributed by atoms with Crippen LogP contribution in [0.3, 0.4) is 0 Å². The van der Waals surface area contributed by atoms with Crippen molar-refractivity contribution in [2.45, 2.75) is 64.2 Å². The van der Waals surface area contributed by atoms with E-state index in [0.29, 0.717) is 12.8 Å². The van der Waals surface area contributed by atoms with Crippen molar-refractivity contribution < 1.29 is 19.4 Å². The summed E-state index contributed by atoms with van der Waals surface area (Å²) in [6.07, 6.45) is 9.74. The maximum atomic E-state index is 11.2. The van der Waals surface area contributed by atoms with Crippen LogP contribution in [-0.2, 0) is 19.4 Å². The molecule has 0 aromatic rings. The van der Waals surface area contributed by atoms with Gasteiger partial charge in [-0.05, 0) is 37.5 Å². The van der Waals surface area contributed by atoms with Crippen LogP contribution >= 0.6 is 0 Å². The first-order valence-corrected chi connectivity index (χ1v) is 7.14. The Labute approximate surface area is 108 Å². The van der Waals surface area contributed by atoms with Gasteiger partial charge in [0.1, 0.15) is 0 Å². The maximum Gasteiger partial charge on any atom is 0.355 e. The third-order valence-corrected chi connectivity index (χ3v) is 3.61. The quantitative estimate of drug-likeness (QED) is 0.493. The Morgan fingerprint density at radius 1 is 0.778 bits per heavy atom. The molecule has 2 fully saturated rings. The maximum absolute atomic E-state index is 11.2. The van der Waals surface area contributed by atoms with Gasteiger partial charge in [0.05, 0.1) is 12.8 Å². The van der Waals surface area contributed by atoms with E-state index in [-0.39, 0.29) is 0 Å². The van der Waals surface area contributed by atoms with E-state index in [1.165, 1.54) is 25.7 Å². The highest BCUT2D eigenvalue weighted by atomic mass is 17.2. The van der Waals surface area contributed by atoms with Crippen molar-refractivity contribution >= 4 is 11.9 Å². The highest BCUT2D eigenvalue weighted by Gasteiger charge is 2.22. The average molecular weight is 254 g/mol. The standard InChI is InChI=1S/C14H22O4/c15-13(5-1-3-11-7-8-11)17-18-14(16)6-2-4-12-9-10-12/h11-12H,1-10H2. The highest BCUT2D eigenvalue weighted by Crippen LogP contribution is 2.34. The summed E-state index contributed by atoms with van der Waals surface area (Å²) in [5.41, 5.74) is 0. The molecule has 0 aromatic heterocycles. The lowest BCUT2D eigenvalue weighted by Gasteiger charge is -2.03. The minimum absolute atomic E-state index is 0.353. The molecule has 0 unspecified atom stereocenters. The summed E-state index contributed by atoms with van der Waals surface area (Å²) in [6, 6.07) is 0. The van der Waals surface area contributed by atoms with Crippen LogP contribution in [0.5, 0.6) is 0 Å². The van der Waals surface area contributed by atoms with Gasteiger partial charge in [0.25, 0.3) is 0 Å². The van der Waals surface area contributed by atoms with E-state index in [1.54, 1.807) is 0 Å². The monoisotopic (exact) mass is 254 g/mol. The summed E-state index contributed by atoms with van der Waals surface area (Å²) >= 11 is 0. The second-order valence-electron chi connectivity index (χ2n) is 5.58. The van der Waals surface area contributed by atoms with E-state index < -0.39 is 11.9 Å². The Morgan fingerprint density at radius 3 is 1.50 bits per heavy atom. The Morgan fingerprint density at radius 2 is 1.17 bits per heavy atom. The molecule has 0 N–H and O–H groups in total. The molecule has 0 saturated heterocycles. The first kappa shape index (κ1) is 13.4. The summed E-state index contributed by atoms with van der Waals surface area (Å²) in [4.78, 5) is 31.5. The fraction of sp³-hybridized carbons (Fsp3) is 0.857. The second-order valence-corrected chi connectivity index (χ2v) is 5.58. The van der Waals surface area contributed by atoms with Gasteiger partial charge in [-0.3, -0.25) is 0 Å². The second kappa shape index (κ2) is 6.76. The van der Waals surface area contributed by atoms with Crippen LogP contribution in [0.1, 0.15) is 64.2 Å². The van der Waals surface area contributed by atoms with E-state index in [2.05, 4.69) is 9.78 Å². The third kappa shape index (κ3) is 6.03. The molecule has 0 amide bonds. The first-order valence-electron chi connectivity index (χ1n) is 7.14. The van der Waals surface area contributed by atoms with Crippen molar-refractivity contribution in [1.82, 2.24) is 0 Å². The summed E-state index contributed by atoms with van der Waals surface area (Å²) in [5, 5.41) is 0. The molecule has 0 aliphatic heterocycles. The molecule has 4 nitrogen and oxygen atoms in total. The molecule has 0 spiro atoms. The van der Waals surface area contributed by atoms with Crippen molar-refractivity contribution in [3.05, 3.63) is 0 Å². The Balaban J connectivity index is 1.41. The van der Waals surface area contributed by atoms with Crippen molar-refractivity contribution in [2.75, 3.05) is 0 Å². The fourth-order valence-electron chi connectivity index (χ4n) is 2.06. The fourth-order valence-corrected chi connectivity index (χ4v) is 2.06. The zero-order chi connectivity index (χ0) is 12.8. The van der Waals surface area contributed by atoms with Gasteiger partial charge in [-0.1, -0.05) is 25.7 Å². The Bertz CT molecular complexity index is 262. The molecule has 18 heavy (non-hydrogen) atoms. The van der Waals surface area contributed by atoms with E-state index in [0.717, 1.165) is 37.5 Å². The SMILES string of the molecule is O=C(CCCC1CC1)OOC(=O)CCCC1CC1. The third-order valence-electron chi connectivity index (χ3n) is 3.61. The molecule has 0 radical (unpaired) electrons. The predicted octanol–water partition coefficient (Wildman–Crippen LogP) is 3.15. The number of carbonyl (C=O) groups is 2. The zero-order valence-electron chi connectivity index (χ0n) is 10.9. The van der Waals surface area contributed by atoms with E-state index in [4.69, 9.17) is 0 Å². The lowest BCUT2D eigenvalue weighted by atomic mass is 10.2. The lowest BCUT2D eigenvalue weighted by molar-refractivity contribution is -0.259. The molecular formula is C14H22O4. The topological polar surface area (TPSA) is 52.6 Å². The van der Waals surface area contributed by atoms with Crippen LogP contribution in [0.15, 0.2) is 0 Å². The largest absolute Gasteiger partial charge is 0.355 e. The molecule has 0 bridgehead atoms. The van der Waals surface area contributed by atoms with Gasteiger partial charge in [-0.15, -0.1) is 0 Å². The van der Waals surface area contributed by atoms with Crippen molar-refractivity contribution in [3.63, 3.8) is 0 Å². The van der Waals surface area contributed by atoms with Gasteiger partial charge >= 0.3 is 11.9 Å². The van der Waals surface area contributed by atoms with Gasteiger partial charge in [0.2, 0.25) is 0 Å². The molecule has 102 valence electrons. The van der Waals surface area contributed by atoms with Gasteiger partial charge in [-0.25, -0.2) is 19.4 Å². The molecular weight excluding hydrogens is 232 g/mol. The first-order chi connectivity index (χ1) is 8.74. The molecule has 2 rings (SSSR count). The summed E-state index contributed by atoms with van der Waals surface area (Å²) in [5.74, 6) is 0.794. The van der Waals surface area contributed by atoms with Gasteiger partial charge in [0, 0.05) is 0 Å². The number of rotatable bonds is 8. The molecule has 2 aliphatic carbocycles. The van der Waals surface area contributed by atoms with Crippen LogP contribution in [-0.4, -0.2) is 11.9 Å². The van der Waals surface area contributed by atoms with Crippen molar-refractivity contribution in [1.29, 1.82) is 0 Å². The Kier molecular flexibility index (Phi) is 5.02. The molecule has 2 aliphatic rings. The van der Waals surface area contributed by atoms with Crippen LogP contribution in [0.25, 0.3) is 0 Å². The minimum atomic E-state index is -0.425. The van der Waals surface area contributed by atoms with Crippen molar-refractivity contribution in [2.24, 2.45) is 11.8 Å². The summed E-state index contributed by atoms with van der Waals surface area (Å²) < 4.78 is 0. The van der Waals surface area contributed by atoms with E-state index >= 15 is 0 Å². The number of hydrogen-bond acceptors (Lipinski definition) is 4. The number of hydrogen-bond donors (Lipinski definition) is 0. The highest BCUT2D eigenvalue weighted by molar-refractivity contribution is 5.72. The van der Waals surface area contributed by atoms with E-state index in [9.17, 15) is 9.59 Å². The minimum Gasteiger partial charge on any atom is -0.247 e. The molecule has 0 atom stereocenters.